The quantitative estimate of drug-likeness (QED) is 0.853. The molecule has 1 fully saturated rings. The number of rotatable bonds is 2. The fourth-order valence-electron chi connectivity index (χ4n) is 2.77. The number of benzene rings is 1. The standard InChI is InChI=1S/C17H27N3O2/c1-17(2,3)22-16(21)20-11-9-13(10-12-20)19(4)15-8-6-5-7-14(15)18/h5-8,13H,9-12,18H2,1-4H3. The summed E-state index contributed by atoms with van der Waals surface area (Å²) >= 11 is 0. The van der Waals surface area contributed by atoms with Crippen LogP contribution < -0.4 is 10.6 Å². The highest BCUT2D eigenvalue weighted by molar-refractivity contribution is 5.69. The number of piperidine rings is 1. The third kappa shape index (κ3) is 4.06. The summed E-state index contributed by atoms with van der Waals surface area (Å²) in [6.45, 7) is 7.12. The van der Waals surface area contributed by atoms with Crippen molar-refractivity contribution in [2.75, 3.05) is 30.8 Å². The van der Waals surface area contributed by atoms with Gasteiger partial charge in [-0.2, -0.15) is 0 Å². The van der Waals surface area contributed by atoms with Gasteiger partial charge < -0.3 is 20.3 Å². The number of anilines is 2. The lowest BCUT2D eigenvalue weighted by Crippen LogP contribution is -2.47. The van der Waals surface area contributed by atoms with Crippen LogP contribution in [0.25, 0.3) is 0 Å². The number of nitrogen functional groups attached to an aromatic ring is 1. The van der Waals surface area contributed by atoms with Crippen molar-refractivity contribution in [1.29, 1.82) is 0 Å². The fourth-order valence-corrected chi connectivity index (χ4v) is 2.77. The second kappa shape index (κ2) is 6.46. The summed E-state index contributed by atoms with van der Waals surface area (Å²) in [6, 6.07) is 8.29. The normalized spacial score (nSPS) is 16.5. The average Bonchev–Trinajstić information content (AvgIpc) is 2.45. The van der Waals surface area contributed by atoms with Gasteiger partial charge in [0, 0.05) is 26.2 Å². The van der Waals surface area contributed by atoms with Crippen LogP contribution in [0, 0.1) is 0 Å². The van der Waals surface area contributed by atoms with Gasteiger partial charge in [-0.05, 0) is 45.7 Å². The molecule has 0 aromatic heterocycles. The molecule has 0 bridgehead atoms. The molecule has 122 valence electrons. The second-order valence-electron chi connectivity index (χ2n) is 6.87. The zero-order valence-electron chi connectivity index (χ0n) is 14.0. The summed E-state index contributed by atoms with van der Waals surface area (Å²) in [6.07, 6.45) is 1.63. The van der Waals surface area contributed by atoms with Crippen molar-refractivity contribution in [3.63, 3.8) is 0 Å². The molecule has 1 heterocycles. The van der Waals surface area contributed by atoms with E-state index in [1.165, 1.54) is 0 Å². The van der Waals surface area contributed by atoms with Crippen molar-refractivity contribution < 1.29 is 9.53 Å². The predicted octanol–water partition coefficient (Wildman–Crippen LogP) is 3.10. The first-order valence-electron chi connectivity index (χ1n) is 7.83. The number of hydrogen-bond acceptors (Lipinski definition) is 4. The van der Waals surface area contributed by atoms with Crippen LogP contribution >= 0.6 is 0 Å². The Balaban J connectivity index is 1.92. The number of nitrogens with two attached hydrogens (primary N) is 1. The van der Waals surface area contributed by atoms with E-state index < -0.39 is 5.60 Å². The Labute approximate surface area is 133 Å². The highest BCUT2D eigenvalue weighted by Crippen LogP contribution is 2.27. The van der Waals surface area contributed by atoms with Gasteiger partial charge in [-0.3, -0.25) is 0 Å². The summed E-state index contributed by atoms with van der Waals surface area (Å²) in [5.41, 5.74) is 7.45. The molecule has 0 radical (unpaired) electrons. The molecule has 5 heteroatoms. The van der Waals surface area contributed by atoms with Gasteiger partial charge >= 0.3 is 6.09 Å². The predicted molar refractivity (Wildman–Crippen MR) is 90.1 cm³/mol. The molecule has 1 saturated heterocycles. The third-order valence-corrected chi connectivity index (χ3v) is 3.98. The topological polar surface area (TPSA) is 58.8 Å². The minimum Gasteiger partial charge on any atom is -0.444 e. The van der Waals surface area contributed by atoms with Gasteiger partial charge in [0.2, 0.25) is 0 Å². The van der Waals surface area contributed by atoms with E-state index in [-0.39, 0.29) is 6.09 Å². The summed E-state index contributed by atoms with van der Waals surface area (Å²) in [5, 5.41) is 0. The molecule has 0 unspecified atom stereocenters. The molecule has 22 heavy (non-hydrogen) atoms. The Bertz CT molecular complexity index is 517. The molecule has 0 saturated carbocycles. The van der Waals surface area contributed by atoms with Gasteiger partial charge in [0.25, 0.3) is 0 Å². The number of hydrogen-bond donors (Lipinski definition) is 1. The van der Waals surface area contributed by atoms with Crippen molar-refractivity contribution in [2.24, 2.45) is 0 Å². The Morgan fingerprint density at radius 3 is 2.41 bits per heavy atom. The number of carbonyl (C=O) groups is 1. The Morgan fingerprint density at radius 2 is 1.86 bits per heavy atom. The van der Waals surface area contributed by atoms with Crippen LogP contribution in [-0.2, 0) is 4.74 Å². The zero-order chi connectivity index (χ0) is 16.3. The van der Waals surface area contributed by atoms with Crippen molar-refractivity contribution in [3.8, 4) is 0 Å². The van der Waals surface area contributed by atoms with Gasteiger partial charge in [-0.1, -0.05) is 12.1 Å². The van der Waals surface area contributed by atoms with Crippen molar-refractivity contribution in [1.82, 2.24) is 4.90 Å². The van der Waals surface area contributed by atoms with E-state index in [1.807, 2.05) is 45.0 Å². The first kappa shape index (κ1) is 16.5. The maximum atomic E-state index is 12.1. The van der Waals surface area contributed by atoms with Crippen molar-refractivity contribution >= 4 is 17.5 Å². The van der Waals surface area contributed by atoms with Crippen LogP contribution in [0.2, 0.25) is 0 Å². The van der Waals surface area contributed by atoms with Gasteiger partial charge in [0.1, 0.15) is 5.60 Å². The molecule has 0 spiro atoms. The fraction of sp³-hybridized carbons (Fsp3) is 0.588. The molecule has 1 aromatic rings. The highest BCUT2D eigenvalue weighted by atomic mass is 16.6. The van der Waals surface area contributed by atoms with Crippen LogP contribution in [0.1, 0.15) is 33.6 Å². The molecule has 1 aliphatic rings. The van der Waals surface area contributed by atoms with Crippen LogP contribution in [0.15, 0.2) is 24.3 Å². The number of nitrogens with zero attached hydrogens (tertiary/aromatic N) is 2. The molecule has 2 rings (SSSR count). The van der Waals surface area contributed by atoms with E-state index in [0.29, 0.717) is 6.04 Å². The van der Waals surface area contributed by atoms with Crippen molar-refractivity contribution in [2.45, 2.75) is 45.3 Å². The lowest BCUT2D eigenvalue weighted by atomic mass is 10.0. The van der Waals surface area contributed by atoms with E-state index in [9.17, 15) is 4.79 Å². The lowest BCUT2D eigenvalue weighted by molar-refractivity contribution is 0.0205. The minimum atomic E-state index is -0.441. The third-order valence-electron chi connectivity index (χ3n) is 3.98. The maximum Gasteiger partial charge on any atom is 0.410 e. The van der Waals surface area contributed by atoms with Crippen LogP contribution in [-0.4, -0.2) is 42.8 Å². The number of ether oxygens (including phenoxy) is 1. The van der Waals surface area contributed by atoms with Crippen LogP contribution in [0.3, 0.4) is 0 Å². The van der Waals surface area contributed by atoms with Gasteiger partial charge in [-0.25, -0.2) is 4.79 Å². The zero-order valence-corrected chi connectivity index (χ0v) is 14.0. The smallest absolute Gasteiger partial charge is 0.410 e. The summed E-state index contributed by atoms with van der Waals surface area (Å²) < 4.78 is 5.43. The Hall–Kier alpha value is -1.91. The Kier molecular flexibility index (Phi) is 4.84. The minimum absolute atomic E-state index is 0.215. The number of para-hydroxylation sites is 2. The molecule has 1 aliphatic heterocycles. The average molecular weight is 305 g/mol. The van der Waals surface area contributed by atoms with Crippen LogP contribution in [0.5, 0.6) is 0 Å². The highest BCUT2D eigenvalue weighted by Gasteiger charge is 2.28. The summed E-state index contributed by atoms with van der Waals surface area (Å²) in [4.78, 5) is 16.1. The van der Waals surface area contributed by atoms with Gasteiger partial charge in [0.15, 0.2) is 0 Å². The molecule has 0 aliphatic carbocycles. The largest absolute Gasteiger partial charge is 0.444 e. The van der Waals surface area contributed by atoms with Crippen molar-refractivity contribution in [3.05, 3.63) is 24.3 Å². The first-order valence-corrected chi connectivity index (χ1v) is 7.83. The van der Waals surface area contributed by atoms with E-state index in [1.54, 1.807) is 4.90 Å². The molecular formula is C17H27N3O2. The number of carbonyl (C=O) groups excluding carboxylic acids is 1. The van der Waals surface area contributed by atoms with Gasteiger partial charge in [0.05, 0.1) is 11.4 Å². The first-order chi connectivity index (χ1) is 10.3. The molecule has 2 N–H and O–H groups in total. The molecule has 1 aromatic carbocycles. The van der Waals surface area contributed by atoms with E-state index in [0.717, 1.165) is 37.3 Å². The molecule has 0 atom stereocenters. The number of amides is 1. The lowest BCUT2D eigenvalue weighted by Gasteiger charge is -2.38. The summed E-state index contributed by atoms with van der Waals surface area (Å²) in [5.74, 6) is 0. The monoisotopic (exact) mass is 305 g/mol. The number of likely N-dealkylation sites (tertiary alicyclic amines) is 1. The Morgan fingerprint density at radius 1 is 1.27 bits per heavy atom. The van der Waals surface area contributed by atoms with Gasteiger partial charge in [-0.15, -0.1) is 0 Å². The SMILES string of the molecule is CN(c1ccccc1N)C1CCN(C(=O)OC(C)(C)C)CC1. The molecule has 5 nitrogen and oxygen atoms in total. The van der Waals surface area contributed by atoms with E-state index >= 15 is 0 Å². The second-order valence-corrected chi connectivity index (χ2v) is 6.87. The maximum absolute atomic E-state index is 12.1. The van der Waals surface area contributed by atoms with E-state index in [4.69, 9.17) is 10.5 Å². The molecule has 1 amide bonds. The summed E-state index contributed by atoms with van der Waals surface area (Å²) in [7, 11) is 2.07. The van der Waals surface area contributed by atoms with Crippen LogP contribution in [0.4, 0.5) is 16.2 Å². The molecular weight excluding hydrogens is 278 g/mol. The van der Waals surface area contributed by atoms with E-state index in [2.05, 4.69) is 11.9 Å².